The Bertz CT molecular complexity index is 202. The Balaban J connectivity index is 2.04. The summed E-state index contributed by atoms with van der Waals surface area (Å²) < 4.78 is 0. The lowest BCUT2D eigenvalue weighted by atomic mass is 10.3. The van der Waals surface area contributed by atoms with E-state index in [4.69, 9.17) is 0 Å². The highest BCUT2D eigenvalue weighted by Crippen LogP contribution is 2.24. The maximum Gasteiger partial charge on any atom is 0.0506 e. The van der Waals surface area contributed by atoms with E-state index >= 15 is 0 Å². The van der Waals surface area contributed by atoms with Crippen LogP contribution < -0.4 is 5.32 Å². The molecular weight excluding hydrogens is 174 g/mol. The van der Waals surface area contributed by atoms with Crippen molar-refractivity contribution in [1.82, 2.24) is 5.32 Å². The summed E-state index contributed by atoms with van der Waals surface area (Å²) in [4.78, 5) is 1.48. The summed E-state index contributed by atoms with van der Waals surface area (Å²) in [6.45, 7) is 1.16. The molecule has 1 aliphatic heterocycles. The summed E-state index contributed by atoms with van der Waals surface area (Å²) in [6.07, 6.45) is 0. The highest BCUT2D eigenvalue weighted by molar-refractivity contribution is 7.99. The van der Waals surface area contributed by atoms with Crippen LogP contribution in [0, 0.1) is 0 Å². The molecule has 1 aliphatic rings. The third kappa shape index (κ3) is 1.78. The standard InChI is InChI=1S/C8H11NS2/c1-2-8(11-4-1)7-6-10-5-3-9-7/h1-2,4,7,9H,3,5-6H2/t7-/m1/s1. The first-order chi connectivity index (χ1) is 5.47. The van der Waals surface area contributed by atoms with Crippen molar-refractivity contribution in [3.05, 3.63) is 22.4 Å². The van der Waals surface area contributed by atoms with Crippen LogP contribution in [0.5, 0.6) is 0 Å². The largest absolute Gasteiger partial charge is 0.308 e. The molecule has 1 nitrogen and oxygen atoms in total. The van der Waals surface area contributed by atoms with Gasteiger partial charge in [-0.3, -0.25) is 0 Å². The molecule has 0 saturated carbocycles. The third-order valence-corrected chi connectivity index (χ3v) is 3.86. The van der Waals surface area contributed by atoms with Crippen LogP contribution in [0.25, 0.3) is 0 Å². The minimum atomic E-state index is 0.619. The van der Waals surface area contributed by atoms with Gasteiger partial charge in [0, 0.05) is 22.9 Å². The Morgan fingerprint density at radius 1 is 1.55 bits per heavy atom. The fourth-order valence-electron chi connectivity index (χ4n) is 1.24. The van der Waals surface area contributed by atoms with Gasteiger partial charge in [-0.05, 0) is 11.4 Å². The predicted octanol–water partition coefficient (Wildman–Crippen LogP) is 2.13. The highest BCUT2D eigenvalue weighted by Gasteiger charge is 2.14. The van der Waals surface area contributed by atoms with E-state index in [9.17, 15) is 0 Å². The van der Waals surface area contributed by atoms with E-state index in [1.807, 2.05) is 23.1 Å². The van der Waals surface area contributed by atoms with Crippen molar-refractivity contribution in [2.45, 2.75) is 6.04 Å². The van der Waals surface area contributed by atoms with Crippen LogP contribution in [0.1, 0.15) is 10.9 Å². The predicted molar refractivity (Wildman–Crippen MR) is 52.4 cm³/mol. The van der Waals surface area contributed by atoms with Gasteiger partial charge in [0.2, 0.25) is 0 Å². The van der Waals surface area contributed by atoms with Gasteiger partial charge in [-0.15, -0.1) is 11.3 Å². The van der Waals surface area contributed by atoms with E-state index in [0.717, 1.165) is 6.54 Å². The monoisotopic (exact) mass is 185 g/mol. The van der Waals surface area contributed by atoms with E-state index in [1.165, 1.54) is 16.4 Å². The van der Waals surface area contributed by atoms with Crippen molar-refractivity contribution >= 4 is 23.1 Å². The van der Waals surface area contributed by atoms with Gasteiger partial charge < -0.3 is 5.32 Å². The van der Waals surface area contributed by atoms with Gasteiger partial charge in [-0.2, -0.15) is 11.8 Å². The molecule has 1 atom stereocenters. The van der Waals surface area contributed by atoms with Crippen LogP contribution in [0.15, 0.2) is 17.5 Å². The van der Waals surface area contributed by atoms with E-state index in [2.05, 4.69) is 22.8 Å². The zero-order valence-electron chi connectivity index (χ0n) is 6.25. The lowest BCUT2D eigenvalue weighted by molar-refractivity contribution is 0.604. The van der Waals surface area contributed by atoms with Gasteiger partial charge in [0.1, 0.15) is 0 Å². The molecule has 0 aromatic carbocycles. The first-order valence-corrected chi connectivity index (χ1v) is 5.85. The smallest absolute Gasteiger partial charge is 0.0506 e. The number of hydrogen-bond acceptors (Lipinski definition) is 3. The van der Waals surface area contributed by atoms with Gasteiger partial charge in [-0.1, -0.05) is 6.07 Å². The molecule has 0 radical (unpaired) electrons. The summed E-state index contributed by atoms with van der Waals surface area (Å²) in [6, 6.07) is 4.96. The van der Waals surface area contributed by atoms with Crippen LogP contribution in [0.3, 0.4) is 0 Å². The Hall–Kier alpha value is 0.01000. The number of rotatable bonds is 1. The van der Waals surface area contributed by atoms with E-state index in [1.54, 1.807) is 0 Å². The van der Waals surface area contributed by atoms with Crippen molar-refractivity contribution in [2.24, 2.45) is 0 Å². The molecule has 0 spiro atoms. The Kier molecular flexibility index (Phi) is 2.51. The summed E-state index contributed by atoms with van der Waals surface area (Å²) in [7, 11) is 0. The van der Waals surface area contributed by atoms with Crippen LogP contribution in [-0.2, 0) is 0 Å². The lowest BCUT2D eigenvalue weighted by Crippen LogP contribution is -2.29. The van der Waals surface area contributed by atoms with Crippen molar-refractivity contribution in [3.63, 3.8) is 0 Å². The van der Waals surface area contributed by atoms with Crippen molar-refractivity contribution < 1.29 is 0 Å². The number of nitrogens with one attached hydrogen (secondary N) is 1. The van der Waals surface area contributed by atoms with Crippen molar-refractivity contribution in [2.75, 3.05) is 18.1 Å². The zero-order valence-corrected chi connectivity index (χ0v) is 7.88. The fraction of sp³-hybridized carbons (Fsp3) is 0.500. The zero-order chi connectivity index (χ0) is 7.52. The molecule has 11 heavy (non-hydrogen) atoms. The highest BCUT2D eigenvalue weighted by atomic mass is 32.2. The van der Waals surface area contributed by atoms with Gasteiger partial charge in [-0.25, -0.2) is 0 Å². The maximum absolute atomic E-state index is 3.51. The second-order valence-electron chi connectivity index (χ2n) is 2.60. The average molecular weight is 185 g/mol. The molecule has 2 rings (SSSR count). The molecule has 1 N–H and O–H groups in total. The Labute approximate surface area is 75.2 Å². The normalized spacial score (nSPS) is 25.3. The molecule has 1 fully saturated rings. The molecule has 0 aliphatic carbocycles. The van der Waals surface area contributed by atoms with Crippen LogP contribution in [-0.4, -0.2) is 18.1 Å². The summed E-state index contributed by atoms with van der Waals surface area (Å²) in [5.74, 6) is 2.50. The van der Waals surface area contributed by atoms with Crippen LogP contribution in [0.4, 0.5) is 0 Å². The molecule has 1 saturated heterocycles. The summed E-state index contributed by atoms with van der Waals surface area (Å²) in [5.41, 5.74) is 0. The molecule has 1 aromatic heterocycles. The molecule has 3 heteroatoms. The minimum Gasteiger partial charge on any atom is -0.308 e. The van der Waals surface area contributed by atoms with Crippen LogP contribution >= 0.6 is 23.1 Å². The third-order valence-electron chi connectivity index (χ3n) is 1.81. The Morgan fingerprint density at radius 3 is 3.18 bits per heavy atom. The van der Waals surface area contributed by atoms with Crippen LogP contribution in [0.2, 0.25) is 0 Å². The quantitative estimate of drug-likeness (QED) is 0.719. The SMILES string of the molecule is c1csc([C@H]2CSCCN2)c1. The molecule has 2 heterocycles. The first kappa shape index (κ1) is 7.65. The number of thiophene rings is 1. The summed E-state index contributed by atoms with van der Waals surface area (Å²) in [5, 5.41) is 5.66. The van der Waals surface area contributed by atoms with Gasteiger partial charge >= 0.3 is 0 Å². The van der Waals surface area contributed by atoms with Gasteiger partial charge in [0.15, 0.2) is 0 Å². The molecule has 1 aromatic rings. The molecule has 0 unspecified atom stereocenters. The molecule has 0 bridgehead atoms. The van der Waals surface area contributed by atoms with Crippen molar-refractivity contribution in [3.8, 4) is 0 Å². The van der Waals surface area contributed by atoms with Crippen molar-refractivity contribution in [1.29, 1.82) is 0 Å². The lowest BCUT2D eigenvalue weighted by Gasteiger charge is -2.21. The summed E-state index contributed by atoms with van der Waals surface area (Å²) >= 11 is 3.90. The molecular formula is C8H11NS2. The second-order valence-corrected chi connectivity index (χ2v) is 4.73. The number of thioether (sulfide) groups is 1. The topological polar surface area (TPSA) is 12.0 Å². The van der Waals surface area contributed by atoms with E-state index < -0.39 is 0 Å². The van der Waals surface area contributed by atoms with Gasteiger partial charge in [0.05, 0.1) is 6.04 Å². The first-order valence-electron chi connectivity index (χ1n) is 3.81. The second kappa shape index (κ2) is 3.61. The maximum atomic E-state index is 3.51. The van der Waals surface area contributed by atoms with E-state index in [-0.39, 0.29) is 0 Å². The van der Waals surface area contributed by atoms with Gasteiger partial charge in [0.25, 0.3) is 0 Å². The van der Waals surface area contributed by atoms with E-state index in [0.29, 0.717) is 6.04 Å². The average Bonchev–Trinajstić information content (AvgIpc) is 2.58. The molecule has 0 amide bonds. The molecule has 60 valence electrons. The Morgan fingerprint density at radius 2 is 2.55 bits per heavy atom. The number of hydrogen-bond donors (Lipinski definition) is 1. The minimum absolute atomic E-state index is 0.619. The fourth-order valence-corrected chi connectivity index (χ4v) is 3.11.